The lowest BCUT2D eigenvalue weighted by Crippen LogP contribution is -2.11. The molecule has 0 spiro atoms. The maximum atomic E-state index is 11.9. The molecule has 1 atom stereocenters. The summed E-state index contributed by atoms with van der Waals surface area (Å²) in [6.45, 7) is 0. The lowest BCUT2D eigenvalue weighted by atomic mass is 9.93. The number of anilines is 1. The fourth-order valence-corrected chi connectivity index (χ4v) is 2.13. The Balaban J connectivity index is 2.12. The zero-order valence-electron chi connectivity index (χ0n) is 9.09. The van der Waals surface area contributed by atoms with Gasteiger partial charge in [-0.25, -0.2) is 0 Å². The normalized spacial score (nSPS) is 17.6. The molecule has 0 aromatic heterocycles. The fourth-order valence-electron chi connectivity index (χ4n) is 2.13. The molecule has 2 aromatic rings. The van der Waals surface area contributed by atoms with Crippen molar-refractivity contribution in [3.05, 3.63) is 59.7 Å². The van der Waals surface area contributed by atoms with E-state index in [2.05, 4.69) is 0 Å². The van der Waals surface area contributed by atoms with Gasteiger partial charge in [0.25, 0.3) is 0 Å². The molecule has 0 saturated heterocycles. The first-order valence-corrected chi connectivity index (χ1v) is 5.42. The van der Waals surface area contributed by atoms with Gasteiger partial charge in [0.1, 0.15) is 11.7 Å². The Morgan fingerprint density at radius 3 is 2.59 bits per heavy atom. The van der Waals surface area contributed by atoms with Crippen LogP contribution in [0.4, 0.5) is 5.69 Å². The van der Waals surface area contributed by atoms with Crippen molar-refractivity contribution in [2.45, 2.75) is 5.92 Å². The van der Waals surface area contributed by atoms with Crippen molar-refractivity contribution >= 4 is 11.7 Å². The Bertz CT molecular complexity index is 578. The summed E-state index contributed by atoms with van der Waals surface area (Å²) >= 11 is 0. The van der Waals surface area contributed by atoms with E-state index in [4.69, 9.17) is 10.5 Å². The Kier molecular flexibility index (Phi) is 2.11. The maximum Gasteiger partial charge on any atom is 0.323 e. The van der Waals surface area contributed by atoms with E-state index in [1.807, 2.05) is 36.4 Å². The molecule has 0 saturated carbocycles. The zero-order chi connectivity index (χ0) is 11.8. The Morgan fingerprint density at radius 1 is 1.06 bits per heavy atom. The van der Waals surface area contributed by atoms with E-state index in [1.54, 1.807) is 12.1 Å². The van der Waals surface area contributed by atoms with Crippen molar-refractivity contribution in [1.29, 1.82) is 0 Å². The molecule has 1 unspecified atom stereocenters. The second-order valence-electron chi connectivity index (χ2n) is 4.06. The van der Waals surface area contributed by atoms with Crippen molar-refractivity contribution in [2.75, 3.05) is 5.73 Å². The molecule has 3 heteroatoms. The minimum Gasteiger partial charge on any atom is -0.425 e. The van der Waals surface area contributed by atoms with Gasteiger partial charge in [-0.15, -0.1) is 0 Å². The van der Waals surface area contributed by atoms with E-state index >= 15 is 0 Å². The standard InChI is InChI=1S/C14H11NO2/c15-10-6-7-11-12(8-10)17-14(16)13(11)9-4-2-1-3-5-9/h1-8,13H,15H2. The highest BCUT2D eigenvalue weighted by Crippen LogP contribution is 2.39. The first kappa shape index (κ1) is 9.90. The molecule has 1 aliphatic heterocycles. The third-order valence-corrected chi connectivity index (χ3v) is 2.93. The largest absolute Gasteiger partial charge is 0.425 e. The van der Waals surface area contributed by atoms with Crippen molar-refractivity contribution in [3.63, 3.8) is 0 Å². The number of carbonyl (C=O) groups is 1. The molecular weight excluding hydrogens is 214 g/mol. The van der Waals surface area contributed by atoms with E-state index in [-0.39, 0.29) is 11.9 Å². The number of carbonyl (C=O) groups excluding carboxylic acids is 1. The number of nitrogens with two attached hydrogens (primary N) is 1. The van der Waals surface area contributed by atoms with E-state index < -0.39 is 0 Å². The topological polar surface area (TPSA) is 52.3 Å². The number of hydrogen-bond acceptors (Lipinski definition) is 3. The summed E-state index contributed by atoms with van der Waals surface area (Å²) in [7, 11) is 0. The Morgan fingerprint density at radius 2 is 1.82 bits per heavy atom. The number of esters is 1. The van der Waals surface area contributed by atoms with Crippen molar-refractivity contribution in [1.82, 2.24) is 0 Å². The minimum atomic E-state index is -0.327. The van der Waals surface area contributed by atoms with Gasteiger partial charge in [0.05, 0.1) is 0 Å². The average Bonchev–Trinajstić information content (AvgIpc) is 2.65. The number of fused-ring (bicyclic) bond motifs is 1. The van der Waals surface area contributed by atoms with Gasteiger partial charge in [0.15, 0.2) is 0 Å². The van der Waals surface area contributed by atoms with Gasteiger partial charge in [-0.1, -0.05) is 36.4 Å². The summed E-state index contributed by atoms with van der Waals surface area (Å²) in [4.78, 5) is 11.9. The average molecular weight is 225 g/mol. The molecule has 0 radical (unpaired) electrons. The predicted molar refractivity (Wildman–Crippen MR) is 64.8 cm³/mol. The van der Waals surface area contributed by atoms with E-state index in [9.17, 15) is 4.79 Å². The highest BCUT2D eigenvalue weighted by Gasteiger charge is 2.34. The predicted octanol–water partition coefficient (Wildman–Crippen LogP) is 2.32. The SMILES string of the molecule is Nc1ccc2c(c1)OC(=O)C2c1ccccc1. The number of hydrogen-bond donors (Lipinski definition) is 1. The van der Waals surface area contributed by atoms with E-state index in [0.29, 0.717) is 11.4 Å². The Hall–Kier alpha value is -2.29. The summed E-state index contributed by atoms with van der Waals surface area (Å²) in [5.41, 5.74) is 8.10. The number of benzene rings is 2. The first-order valence-electron chi connectivity index (χ1n) is 5.42. The summed E-state index contributed by atoms with van der Waals surface area (Å²) in [6, 6.07) is 14.9. The van der Waals surface area contributed by atoms with Gasteiger partial charge >= 0.3 is 5.97 Å². The smallest absolute Gasteiger partial charge is 0.323 e. The van der Waals surface area contributed by atoms with Crippen LogP contribution < -0.4 is 10.5 Å². The Labute approximate surface area is 98.8 Å². The molecule has 3 rings (SSSR count). The minimum absolute atomic E-state index is 0.239. The van der Waals surface area contributed by atoms with Crippen molar-refractivity contribution in [3.8, 4) is 5.75 Å². The maximum absolute atomic E-state index is 11.9. The quantitative estimate of drug-likeness (QED) is 0.460. The van der Waals surface area contributed by atoms with Gasteiger partial charge in [-0.05, 0) is 11.6 Å². The number of ether oxygens (including phenoxy) is 1. The van der Waals surface area contributed by atoms with Crippen LogP contribution in [0.1, 0.15) is 17.0 Å². The van der Waals surface area contributed by atoms with Crippen molar-refractivity contribution in [2.24, 2.45) is 0 Å². The second-order valence-corrected chi connectivity index (χ2v) is 4.06. The fraction of sp³-hybridized carbons (Fsp3) is 0.0714. The lowest BCUT2D eigenvalue weighted by Gasteiger charge is -2.06. The molecule has 0 fully saturated rings. The summed E-state index contributed by atoms with van der Waals surface area (Å²) in [5.74, 6) is 0.00690. The van der Waals surface area contributed by atoms with E-state index in [0.717, 1.165) is 11.1 Å². The molecule has 0 bridgehead atoms. The zero-order valence-corrected chi connectivity index (χ0v) is 9.09. The molecule has 2 aromatic carbocycles. The van der Waals surface area contributed by atoms with Crippen LogP contribution in [-0.4, -0.2) is 5.97 Å². The van der Waals surface area contributed by atoms with Crippen LogP contribution in [0, 0.1) is 0 Å². The summed E-state index contributed by atoms with van der Waals surface area (Å²) < 4.78 is 5.24. The molecule has 1 heterocycles. The van der Waals surface area contributed by atoms with Crippen LogP contribution in [0.5, 0.6) is 5.75 Å². The van der Waals surface area contributed by atoms with Gasteiger partial charge in [0.2, 0.25) is 0 Å². The van der Waals surface area contributed by atoms with Crippen LogP contribution in [0.15, 0.2) is 48.5 Å². The van der Waals surface area contributed by atoms with Gasteiger partial charge in [0, 0.05) is 17.3 Å². The highest BCUT2D eigenvalue weighted by atomic mass is 16.5. The van der Waals surface area contributed by atoms with Gasteiger partial charge in [-0.3, -0.25) is 4.79 Å². The first-order chi connectivity index (χ1) is 8.25. The van der Waals surface area contributed by atoms with Gasteiger partial charge < -0.3 is 10.5 Å². The molecule has 0 aliphatic carbocycles. The monoisotopic (exact) mass is 225 g/mol. The van der Waals surface area contributed by atoms with Crippen LogP contribution in [0.2, 0.25) is 0 Å². The molecular formula is C14H11NO2. The third kappa shape index (κ3) is 1.56. The summed E-state index contributed by atoms with van der Waals surface area (Å²) in [6.07, 6.45) is 0. The molecule has 3 nitrogen and oxygen atoms in total. The van der Waals surface area contributed by atoms with Crippen LogP contribution in [-0.2, 0) is 4.79 Å². The third-order valence-electron chi connectivity index (χ3n) is 2.93. The second kappa shape index (κ2) is 3.63. The lowest BCUT2D eigenvalue weighted by molar-refractivity contribution is -0.133. The molecule has 1 aliphatic rings. The van der Waals surface area contributed by atoms with E-state index in [1.165, 1.54) is 0 Å². The molecule has 0 amide bonds. The molecule has 2 N–H and O–H groups in total. The number of rotatable bonds is 1. The highest BCUT2D eigenvalue weighted by molar-refractivity contribution is 5.89. The van der Waals surface area contributed by atoms with Gasteiger partial charge in [-0.2, -0.15) is 0 Å². The summed E-state index contributed by atoms with van der Waals surface area (Å²) in [5, 5.41) is 0. The number of nitrogen functional groups attached to an aromatic ring is 1. The van der Waals surface area contributed by atoms with Crippen LogP contribution in [0.3, 0.4) is 0 Å². The molecule has 84 valence electrons. The van der Waals surface area contributed by atoms with Crippen LogP contribution in [0.25, 0.3) is 0 Å². The van der Waals surface area contributed by atoms with Crippen molar-refractivity contribution < 1.29 is 9.53 Å². The molecule has 17 heavy (non-hydrogen) atoms. The van der Waals surface area contributed by atoms with Crippen LogP contribution >= 0.6 is 0 Å².